The van der Waals surface area contributed by atoms with Crippen molar-refractivity contribution in [2.75, 3.05) is 0 Å². The number of aliphatic carboxylic acids is 1. The van der Waals surface area contributed by atoms with Crippen LogP contribution in [0.5, 0.6) is 5.75 Å². The highest BCUT2D eigenvalue weighted by molar-refractivity contribution is 6.15. The Labute approximate surface area is 222 Å². The molecule has 0 bridgehead atoms. The van der Waals surface area contributed by atoms with Crippen molar-refractivity contribution < 1.29 is 37.3 Å². The number of carboxylic acid groups (broad SMARTS) is 1. The third-order valence-electron chi connectivity index (χ3n) is 5.90. The molecule has 39 heavy (non-hydrogen) atoms. The van der Waals surface area contributed by atoms with Gasteiger partial charge >= 0.3 is 12.3 Å². The van der Waals surface area contributed by atoms with E-state index in [1.165, 1.54) is 25.1 Å². The number of allylic oxidation sites excluding steroid dienone is 1. The quantitative estimate of drug-likeness (QED) is 0.243. The first-order valence-electron chi connectivity index (χ1n) is 12.0. The molecule has 4 aromatic rings. The van der Waals surface area contributed by atoms with Crippen molar-refractivity contribution in [3.63, 3.8) is 0 Å². The number of hydrogen-bond acceptors (Lipinski definition) is 5. The fourth-order valence-corrected chi connectivity index (χ4v) is 3.81. The van der Waals surface area contributed by atoms with E-state index in [-0.39, 0.29) is 24.2 Å². The molecule has 1 atom stereocenters. The Morgan fingerprint density at radius 3 is 2.38 bits per heavy atom. The van der Waals surface area contributed by atoms with Crippen LogP contribution in [0, 0.1) is 6.92 Å². The van der Waals surface area contributed by atoms with E-state index in [2.05, 4.69) is 9.84 Å². The summed E-state index contributed by atoms with van der Waals surface area (Å²) in [4.78, 5) is 24.1. The van der Waals surface area contributed by atoms with Gasteiger partial charge in [0.05, 0.1) is 18.7 Å². The Balaban J connectivity index is 1.57. The number of carboxylic acids is 1. The first-order valence-corrected chi connectivity index (χ1v) is 12.0. The fourth-order valence-electron chi connectivity index (χ4n) is 3.81. The van der Waals surface area contributed by atoms with Gasteiger partial charge in [-0.1, -0.05) is 66.2 Å². The SMILES string of the molecule is Cc1ccc(C(=O)c2nn(C/C=C/c3ccc(CO[C@H](C)C(=O)O)cc3)c3ccc(OC(F)(F)F)cc23)cc1. The van der Waals surface area contributed by atoms with Gasteiger partial charge in [0, 0.05) is 10.9 Å². The van der Waals surface area contributed by atoms with Crippen LogP contribution in [0.3, 0.4) is 0 Å². The number of aromatic nitrogens is 2. The maximum absolute atomic E-state index is 13.2. The van der Waals surface area contributed by atoms with E-state index in [9.17, 15) is 22.8 Å². The number of alkyl halides is 3. The summed E-state index contributed by atoms with van der Waals surface area (Å²) < 4.78 is 49.3. The lowest BCUT2D eigenvalue weighted by Gasteiger charge is -2.09. The van der Waals surface area contributed by atoms with Crippen molar-refractivity contribution in [2.45, 2.75) is 39.5 Å². The molecular weight excluding hydrogens is 513 g/mol. The molecule has 1 N–H and O–H groups in total. The van der Waals surface area contributed by atoms with Gasteiger partial charge in [0.25, 0.3) is 0 Å². The minimum atomic E-state index is -4.87. The molecule has 0 radical (unpaired) electrons. The molecule has 0 aliphatic rings. The molecule has 0 saturated heterocycles. The highest BCUT2D eigenvalue weighted by Gasteiger charge is 2.31. The number of ether oxygens (including phenoxy) is 2. The van der Waals surface area contributed by atoms with E-state index >= 15 is 0 Å². The lowest BCUT2D eigenvalue weighted by molar-refractivity contribution is -0.274. The van der Waals surface area contributed by atoms with Crippen LogP contribution in [-0.2, 0) is 22.7 Å². The molecule has 1 aromatic heterocycles. The molecule has 0 saturated carbocycles. The van der Waals surface area contributed by atoms with Gasteiger partial charge in [-0.3, -0.25) is 9.48 Å². The molecule has 0 amide bonds. The summed E-state index contributed by atoms with van der Waals surface area (Å²) in [6.07, 6.45) is -2.14. The summed E-state index contributed by atoms with van der Waals surface area (Å²) in [5.41, 5.74) is 3.50. The molecule has 4 rings (SSSR count). The second-order valence-electron chi connectivity index (χ2n) is 8.89. The predicted molar refractivity (Wildman–Crippen MR) is 138 cm³/mol. The number of halogens is 3. The van der Waals surface area contributed by atoms with Crippen LogP contribution in [0.15, 0.2) is 72.8 Å². The van der Waals surface area contributed by atoms with E-state index < -0.39 is 30.0 Å². The summed E-state index contributed by atoms with van der Waals surface area (Å²) in [6, 6.07) is 18.0. The highest BCUT2D eigenvalue weighted by atomic mass is 19.4. The minimum Gasteiger partial charge on any atom is -0.479 e. The monoisotopic (exact) mass is 538 g/mol. The van der Waals surface area contributed by atoms with Gasteiger partial charge in [-0.25, -0.2) is 4.79 Å². The molecule has 1 heterocycles. The van der Waals surface area contributed by atoms with Gasteiger partial charge in [0.15, 0.2) is 6.10 Å². The van der Waals surface area contributed by atoms with Crippen molar-refractivity contribution in [2.24, 2.45) is 0 Å². The van der Waals surface area contributed by atoms with Gasteiger partial charge in [-0.15, -0.1) is 13.2 Å². The smallest absolute Gasteiger partial charge is 0.479 e. The van der Waals surface area contributed by atoms with Gasteiger partial charge < -0.3 is 14.6 Å². The molecule has 3 aromatic carbocycles. The van der Waals surface area contributed by atoms with E-state index in [1.807, 2.05) is 43.3 Å². The van der Waals surface area contributed by atoms with Crippen LogP contribution >= 0.6 is 0 Å². The Morgan fingerprint density at radius 1 is 1.05 bits per heavy atom. The van der Waals surface area contributed by atoms with Gasteiger partial charge in [-0.05, 0) is 43.2 Å². The number of aryl methyl sites for hydroxylation is 1. The maximum Gasteiger partial charge on any atom is 0.573 e. The average Bonchev–Trinajstić information content (AvgIpc) is 3.24. The number of hydrogen-bond donors (Lipinski definition) is 1. The van der Waals surface area contributed by atoms with Crippen molar-refractivity contribution in [1.82, 2.24) is 9.78 Å². The summed E-state index contributed by atoms with van der Waals surface area (Å²) in [5.74, 6) is -1.89. The third-order valence-corrected chi connectivity index (χ3v) is 5.90. The lowest BCUT2D eigenvalue weighted by Crippen LogP contribution is -2.19. The average molecular weight is 539 g/mol. The Morgan fingerprint density at radius 2 is 1.74 bits per heavy atom. The van der Waals surface area contributed by atoms with Crippen LogP contribution in [0.2, 0.25) is 0 Å². The normalized spacial score (nSPS) is 12.6. The summed E-state index contributed by atoms with van der Waals surface area (Å²) >= 11 is 0. The van der Waals surface area contributed by atoms with Gasteiger partial charge in [0.1, 0.15) is 11.4 Å². The minimum absolute atomic E-state index is 0.0230. The molecule has 0 aliphatic carbocycles. The number of ketones is 1. The number of benzene rings is 3. The van der Waals surface area contributed by atoms with Crippen LogP contribution in [0.25, 0.3) is 17.0 Å². The van der Waals surface area contributed by atoms with Crippen LogP contribution in [-0.4, -0.2) is 39.1 Å². The number of rotatable bonds is 10. The molecule has 10 heteroatoms. The number of carbonyl (C=O) groups excluding carboxylic acids is 1. The van der Waals surface area contributed by atoms with Gasteiger partial charge in [-0.2, -0.15) is 5.10 Å². The Kier molecular flexibility index (Phi) is 8.15. The largest absolute Gasteiger partial charge is 0.573 e. The summed E-state index contributed by atoms with van der Waals surface area (Å²) in [7, 11) is 0. The van der Waals surface area contributed by atoms with E-state index in [4.69, 9.17) is 9.84 Å². The van der Waals surface area contributed by atoms with Crippen molar-refractivity contribution in [1.29, 1.82) is 0 Å². The predicted octanol–water partition coefficient (Wildman–Crippen LogP) is 6.18. The van der Waals surface area contributed by atoms with Gasteiger partial charge in [0.2, 0.25) is 5.78 Å². The highest BCUT2D eigenvalue weighted by Crippen LogP contribution is 2.29. The van der Waals surface area contributed by atoms with Crippen molar-refractivity contribution in [3.05, 3.63) is 101 Å². The molecular formula is C29H25F3N2O5. The van der Waals surface area contributed by atoms with Crippen molar-refractivity contribution in [3.8, 4) is 5.75 Å². The van der Waals surface area contributed by atoms with Crippen molar-refractivity contribution >= 4 is 28.7 Å². The Hall–Kier alpha value is -4.44. The zero-order chi connectivity index (χ0) is 28.2. The first kappa shape index (κ1) is 27.6. The number of fused-ring (bicyclic) bond motifs is 1. The van der Waals surface area contributed by atoms with E-state index in [0.29, 0.717) is 11.1 Å². The van der Waals surface area contributed by atoms with Crippen LogP contribution < -0.4 is 4.74 Å². The molecule has 0 unspecified atom stereocenters. The second kappa shape index (κ2) is 11.5. The van der Waals surface area contributed by atoms with Crippen LogP contribution in [0.1, 0.15) is 39.7 Å². The Bertz CT molecular complexity index is 1510. The zero-order valence-electron chi connectivity index (χ0n) is 21.1. The first-order chi connectivity index (χ1) is 18.5. The lowest BCUT2D eigenvalue weighted by atomic mass is 10.0. The zero-order valence-corrected chi connectivity index (χ0v) is 21.1. The standard InChI is InChI=1S/C29H25F3N2O5/c1-18-5-11-22(12-6-18)27(35)26-24-16-23(39-29(30,31)32)13-14-25(24)34(33-26)15-3-4-20-7-9-21(10-8-20)17-38-19(2)28(36)37/h3-14,16,19H,15,17H2,1-2H3,(H,36,37)/b4-3+/t19-/m1/s1. The van der Waals surface area contributed by atoms with Crippen LogP contribution in [0.4, 0.5) is 13.2 Å². The second-order valence-corrected chi connectivity index (χ2v) is 8.89. The molecule has 0 aliphatic heterocycles. The molecule has 202 valence electrons. The maximum atomic E-state index is 13.2. The number of nitrogens with zero attached hydrogens (tertiary/aromatic N) is 2. The van der Waals surface area contributed by atoms with E-state index in [1.54, 1.807) is 28.9 Å². The molecule has 7 nitrogen and oxygen atoms in total. The summed E-state index contributed by atoms with van der Waals surface area (Å²) in [5, 5.41) is 13.6. The van der Waals surface area contributed by atoms with E-state index in [0.717, 1.165) is 16.7 Å². The molecule has 0 fully saturated rings. The summed E-state index contributed by atoms with van der Waals surface area (Å²) in [6.45, 7) is 3.75. The topological polar surface area (TPSA) is 90.7 Å². The molecule has 0 spiro atoms. The third kappa shape index (κ3) is 7.11. The fraction of sp³-hybridized carbons (Fsp3) is 0.207. The number of carbonyl (C=O) groups is 2.